The van der Waals surface area contributed by atoms with Crippen molar-refractivity contribution < 1.29 is 32.2 Å². The van der Waals surface area contributed by atoms with Crippen LogP contribution in [0.15, 0.2) is 12.2 Å². The van der Waals surface area contributed by atoms with Crippen LogP contribution in [0, 0.1) is 0 Å². The first-order valence-corrected chi connectivity index (χ1v) is 5.91. The van der Waals surface area contributed by atoms with E-state index in [2.05, 4.69) is 11.3 Å². The molecular formula is C12H13F3O4. The highest BCUT2D eigenvalue weighted by Crippen LogP contribution is 2.42. The summed E-state index contributed by atoms with van der Waals surface area (Å²) < 4.78 is 45.7. The molecule has 1 aliphatic carbocycles. The Labute approximate surface area is 107 Å². The van der Waals surface area contributed by atoms with Crippen molar-refractivity contribution in [2.45, 2.75) is 50.0 Å². The molecule has 1 saturated carbocycles. The van der Waals surface area contributed by atoms with Gasteiger partial charge in [-0.3, -0.25) is 0 Å². The Hall–Kier alpha value is -1.53. The van der Waals surface area contributed by atoms with Crippen molar-refractivity contribution in [2.75, 3.05) is 0 Å². The number of alkyl halides is 3. The molecule has 2 aliphatic rings. The van der Waals surface area contributed by atoms with Crippen LogP contribution in [0.2, 0.25) is 0 Å². The molecular weight excluding hydrogens is 265 g/mol. The SMILES string of the molecule is C=C1CC2(CCC(OC(=O)C(F)(F)F)CC2)OC1=O. The second-order valence-electron chi connectivity index (χ2n) is 4.96. The molecule has 106 valence electrons. The van der Waals surface area contributed by atoms with E-state index in [9.17, 15) is 22.8 Å². The summed E-state index contributed by atoms with van der Waals surface area (Å²) in [6.45, 7) is 3.58. The van der Waals surface area contributed by atoms with E-state index in [1.807, 2.05) is 0 Å². The number of ether oxygens (including phenoxy) is 2. The minimum Gasteiger partial charge on any atom is -0.456 e. The zero-order valence-corrected chi connectivity index (χ0v) is 10.1. The van der Waals surface area contributed by atoms with Crippen LogP contribution in [0.1, 0.15) is 32.1 Å². The Kier molecular flexibility index (Phi) is 3.32. The molecule has 0 aromatic heterocycles. The highest BCUT2D eigenvalue weighted by atomic mass is 19.4. The number of halogens is 3. The molecule has 0 unspecified atom stereocenters. The van der Waals surface area contributed by atoms with Crippen LogP contribution < -0.4 is 0 Å². The standard InChI is InChI=1S/C12H13F3O4/c1-7-6-11(19-9(7)16)4-2-8(3-5-11)18-10(17)12(13,14)15/h8H,1-6H2. The zero-order valence-electron chi connectivity index (χ0n) is 10.1. The topological polar surface area (TPSA) is 52.6 Å². The first kappa shape index (κ1) is 13.9. The summed E-state index contributed by atoms with van der Waals surface area (Å²) in [6.07, 6.45) is -4.08. The van der Waals surface area contributed by atoms with Gasteiger partial charge >= 0.3 is 18.1 Å². The lowest BCUT2D eigenvalue weighted by Gasteiger charge is -2.35. The minimum absolute atomic E-state index is 0.252. The third-order valence-electron chi connectivity index (χ3n) is 3.48. The van der Waals surface area contributed by atoms with E-state index in [0.29, 0.717) is 24.8 Å². The molecule has 0 N–H and O–H groups in total. The van der Waals surface area contributed by atoms with Crippen LogP contribution in [-0.4, -0.2) is 29.8 Å². The fourth-order valence-electron chi connectivity index (χ4n) is 2.50. The molecule has 1 spiro atoms. The van der Waals surface area contributed by atoms with E-state index in [1.54, 1.807) is 0 Å². The Bertz CT molecular complexity index is 401. The molecule has 1 saturated heterocycles. The van der Waals surface area contributed by atoms with E-state index in [1.165, 1.54) is 0 Å². The van der Waals surface area contributed by atoms with Gasteiger partial charge in [0.1, 0.15) is 11.7 Å². The Balaban J connectivity index is 1.88. The molecule has 7 heteroatoms. The monoisotopic (exact) mass is 278 g/mol. The number of carbonyl (C=O) groups excluding carboxylic acids is 2. The smallest absolute Gasteiger partial charge is 0.456 e. The summed E-state index contributed by atoms with van der Waals surface area (Å²) in [5, 5.41) is 0. The molecule has 0 aromatic rings. The van der Waals surface area contributed by atoms with E-state index in [0.717, 1.165) is 0 Å². The van der Waals surface area contributed by atoms with Crippen LogP contribution in [0.3, 0.4) is 0 Å². The predicted octanol–water partition coefficient (Wildman–Crippen LogP) is 2.28. The molecule has 0 amide bonds. The van der Waals surface area contributed by atoms with Gasteiger partial charge in [0.25, 0.3) is 0 Å². The summed E-state index contributed by atoms with van der Waals surface area (Å²) in [4.78, 5) is 22.0. The van der Waals surface area contributed by atoms with Gasteiger partial charge in [-0.2, -0.15) is 13.2 Å². The minimum atomic E-state index is -4.97. The zero-order chi connectivity index (χ0) is 14.3. The molecule has 1 aliphatic heterocycles. The van der Waals surface area contributed by atoms with Crippen LogP contribution >= 0.6 is 0 Å². The van der Waals surface area contributed by atoms with Crippen molar-refractivity contribution in [3.63, 3.8) is 0 Å². The molecule has 0 bridgehead atoms. The Morgan fingerprint density at radius 2 is 1.95 bits per heavy atom. The number of esters is 2. The highest BCUT2D eigenvalue weighted by Gasteiger charge is 2.47. The lowest BCUT2D eigenvalue weighted by molar-refractivity contribution is -0.208. The van der Waals surface area contributed by atoms with Crippen molar-refractivity contribution >= 4 is 11.9 Å². The van der Waals surface area contributed by atoms with Gasteiger partial charge in [0.05, 0.1) is 0 Å². The number of carbonyl (C=O) groups is 2. The molecule has 4 nitrogen and oxygen atoms in total. The Morgan fingerprint density at radius 1 is 1.37 bits per heavy atom. The number of hydrogen-bond donors (Lipinski definition) is 0. The fraction of sp³-hybridized carbons (Fsp3) is 0.667. The molecule has 2 rings (SSSR count). The van der Waals surface area contributed by atoms with E-state index in [4.69, 9.17) is 4.74 Å². The van der Waals surface area contributed by atoms with Crippen molar-refractivity contribution in [1.82, 2.24) is 0 Å². The second-order valence-corrected chi connectivity index (χ2v) is 4.96. The first-order valence-electron chi connectivity index (χ1n) is 5.91. The van der Waals surface area contributed by atoms with Crippen molar-refractivity contribution in [3.8, 4) is 0 Å². The first-order chi connectivity index (χ1) is 8.72. The molecule has 19 heavy (non-hydrogen) atoms. The van der Waals surface area contributed by atoms with Gasteiger partial charge in [-0.05, 0) is 25.7 Å². The number of rotatable bonds is 1. The maximum Gasteiger partial charge on any atom is 0.490 e. The van der Waals surface area contributed by atoms with Crippen LogP contribution in [0.5, 0.6) is 0 Å². The quantitative estimate of drug-likeness (QED) is 0.545. The third kappa shape index (κ3) is 2.90. The van der Waals surface area contributed by atoms with Crippen molar-refractivity contribution in [2.24, 2.45) is 0 Å². The van der Waals surface area contributed by atoms with Gasteiger partial charge in [-0.1, -0.05) is 6.58 Å². The number of hydrogen-bond acceptors (Lipinski definition) is 4. The molecule has 1 heterocycles. The third-order valence-corrected chi connectivity index (χ3v) is 3.48. The molecule has 0 aromatic carbocycles. The van der Waals surface area contributed by atoms with Crippen molar-refractivity contribution in [3.05, 3.63) is 12.2 Å². The maximum absolute atomic E-state index is 12.0. The summed E-state index contributed by atoms with van der Waals surface area (Å²) in [7, 11) is 0. The normalized spacial score (nSPS) is 31.4. The lowest BCUT2D eigenvalue weighted by Crippen LogP contribution is -2.39. The predicted molar refractivity (Wildman–Crippen MR) is 57.0 cm³/mol. The lowest BCUT2D eigenvalue weighted by atomic mass is 9.81. The fourth-order valence-corrected chi connectivity index (χ4v) is 2.50. The van der Waals surface area contributed by atoms with Gasteiger partial charge in [0.2, 0.25) is 0 Å². The van der Waals surface area contributed by atoms with Gasteiger partial charge in [-0.25, -0.2) is 9.59 Å². The highest BCUT2D eigenvalue weighted by molar-refractivity contribution is 5.90. The van der Waals surface area contributed by atoms with Gasteiger partial charge < -0.3 is 9.47 Å². The van der Waals surface area contributed by atoms with Crippen molar-refractivity contribution in [1.29, 1.82) is 0 Å². The van der Waals surface area contributed by atoms with Crippen LogP contribution in [0.25, 0.3) is 0 Å². The van der Waals surface area contributed by atoms with E-state index in [-0.39, 0.29) is 12.8 Å². The average molecular weight is 278 g/mol. The maximum atomic E-state index is 12.0. The summed E-state index contributed by atoms with van der Waals surface area (Å²) >= 11 is 0. The summed E-state index contributed by atoms with van der Waals surface area (Å²) in [5.41, 5.74) is -0.277. The summed E-state index contributed by atoms with van der Waals surface area (Å²) in [5.74, 6) is -2.62. The summed E-state index contributed by atoms with van der Waals surface area (Å²) in [6, 6.07) is 0. The van der Waals surface area contributed by atoms with Gasteiger partial charge in [0.15, 0.2) is 0 Å². The largest absolute Gasteiger partial charge is 0.490 e. The average Bonchev–Trinajstić information content (AvgIpc) is 2.57. The van der Waals surface area contributed by atoms with Crippen LogP contribution in [-0.2, 0) is 19.1 Å². The Morgan fingerprint density at radius 3 is 2.37 bits per heavy atom. The second kappa shape index (κ2) is 4.54. The molecule has 0 radical (unpaired) electrons. The van der Waals surface area contributed by atoms with Gasteiger partial charge in [0, 0.05) is 12.0 Å². The van der Waals surface area contributed by atoms with E-state index >= 15 is 0 Å². The van der Waals surface area contributed by atoms with Crippen LogP contribution in [0.4, 0.5) is 13.2 Å². The van der Waals surface area contributed by atoms with E-state index < -0.39 is 29.8 Å². The van der Waals surface area contributed by atoms with Gasteiger partial charge in [-0.15, -0.1) is 0 Å². The molecule has 0 atom stereocenters. The molecule has 2 fully saturated rings.